The molecule has 0 saturated carbocycles. The lowest BCUT2D eigenvalue weighted by Crippen LogP contribution is -2.24. The largest absolute Gasteiger partial charge is 0.285 e. The fraction of sp³-hybridized carbons (Fsp3) is 0.375. The van der Waals surface area contributed by atoms with Gasteiger partial charge in [0.1, 0.15) is 13.4 Å². The first-order valence-corrected chi connectivity index (χ1v) is 9.41. The van der Waals surface area contributed by atoms with Crippen LogP contribution in [0, 0.1) is 0 Å². The minimum Gasteiger partial charge on any atom is -0.266 e. The van der Waals surface area contributed by atoms with Gasteiger partial charge in [-0.2, -0.15) is 0 Å². The van der Waals surface area contributed by atoms with Crippen LogP contribution in [-0.2, 0) is 0 Å². The van der Waals surface area contributed by atoms with Crippen LogP contribution < -0.4 is 4.78 Å². The Kier molecular flexibility index (Phi) is 4.87. The zero-order valence-corrected chi connectivity index (χ0v) is 15.8. The van der Waals surface area contributed by atoms with Crippen molar-refractivity contribution < 1.29 is 9.59 Å². The van der Waals surface area contributed by atoms with Gasteiger partial charge >= 0.3 is 0 Å². The van der Waals surface area contributed by atoms with Crippen molar-refractivity contribution in [1.82, 2.24) is 14.9 Å². The lowest BCUT2D eigenvalue weighted by molar-refractivity contribution is 0.0716. The molecule has 5 nitrogen and oxygen atoms in total. The first-order valence-electron chi connectivity index (χ1n) is 7.80. The highest BCUT2D eigenvalue weighted by Crippen LogP contribution is 2.30. The quantitative estimate of drug-likeness (QED) is 0.567. The molecule has 2 aromatic heterocycles. The number of amides is 2. The van der Waals surface area contributed by atoms with E-state index in [0.717, 1.165) is 36.2 Å². The Morgan fingerprint density at radius 1 is 1.21 bits per heavy atom. The van der Waals surface area contributed by atoms with E-state index in [9.17, 15) is 9.59 Å². The van der Waals surface area contributed by atoms with Crippen molar-refractivity contribution in [3.8, 4) is 0 Å². The molecule has 0 N–H and O–H groups in total. The SMILES string of the molecule is [B]c1sc(Br)c2nc3c(nc12)C(=O)N(/C=C(\CC)CCCC)C3=O. The van der Waals surface area contributed by atoms with Gasteiger partial charge in [0.05, 0.1) is 9.30 Å². The predicted molar refractivity (Wildman–Crippen MR) is 98.9 cm³/mol. The van der Waals surface area contributed by atoms with Crippen LogP contribution in [0.2, 0.25) is 0 Å². The Hall–Kier alpha value is -1.54. The maximum atomic E-state index is 12.6. The summed E-state index contributed by atoms with van der Waals surface area (Å²) in [6.07, 6.45) is 5.40. The van der Waals surface area contributed by atoms with Crippen LogP contribution in [0.5, 0.6) is 0 Å². The van der Waals surface area contributed by atoms with E-state index in [1.807, 2.05) is 6.92 Å². The molecule has 0 saturated heterocycles. The van der Waals surface area contributed by atoms with Crippen molar-refractivity contribution in [1.29, 1.82) is 0 Å². The van der Waals surface area contributed by atoms with E-state index in [0.29, 0.717) is 19.6 Å². The number of aromatic nitrogens is 2. The molecular weight excluding hydrogens is 389 g/mol. The fourth-order valence-corrected chi connectivity index (χ4v) is 4.06. The zero-order valence-electron chi connectivity index (χ0n) is 13.4. The molecule has 3 rings (SSSR count). The number of hydrogen-bond acceptors (Lipinski definition) is 5. The van der Waals surface area contributed by atoms with Crippen LogP contribution >= 0.6 is 27.3 Å². The molecular formula is C16H15BBrN3O2S. The van der Waals surface area contributed by atoms with Gasteiger partial charge in [0, 0.05) is 6.20 Å². The van der Waals surface area contributed by atoms with Gasteiger partial charge in [-0.05, 0) is 40.0 Å². The molecule has 1 aliphatic heterocycles. The molecule has 0 aromatic carbocycles. The summed E-state index contributed by atoms with van der Waals surface area (Å²) in [7, 11) is 5.91. The van der Waals surface area contributed by atoms with E-state index < -0.39 is 11.8 Å². The summed E-state index contributed by atoms with van der Waals surface area (Å²) in [6.45, 7) is 4.13. The summed E-state index contributed by atoms with van der Waals surface area (Å²) >= 11 is 4.65. The van der Waals surface area contributed by atoms with E-state index in [1.165, 1.54) is 11.3 Å². The van der Waals surface area contributed by atoms with Gasteiger partial charge in [-0.1, -0.05) is 25.8 Å². The van der Waals surface area contributed by atoms with Gasteiger partial charge < -0.3 is 0 Å². The summed E-state index contributed by atoms with van der Waals surface area (Å²) in [5, 5.41) is 0. The lowest BCUT2D eigenvalue weighted by Gasteiger charge is -2.11. The first-order chi connectivity index (χ1) is 11.5. The van der Waals surface area contributed by atoms with Crippen molar-refractivity contribution in [3.05, 3.63) is 26.9 Å². The average molecular weight is 404 g/mol. The normalized spacial score (nSPS) is 14.8. The Morgan fingerprint density at radius 3 is 2.42 bits per heavy atom. The van der Waals surface area contributed by atoms with Crippen LogP contribution in [0.25, 0.3) is 11.0 Å². The van der Waals surface area contributed by atoms with E-state index in [1.54, 1.807) is 6.20 Å². The minimum absolute atomic E-state index is 0.0756. The number of unbranched alkanes of at least 4 members (excludes halogenated alkanes) is 1. The summed E-state index contributed by atoms with van der Waals surface area (Å²) in [5.41, 5.74) is 2.21. The van der Waals surface area contributed by atoms with Gasteiger partial charge in [-0.3, -0.25) is 9.59 Å². The Labute approximate surface area is 153 Å². The summed E-state index contributed by atoms with van der Waals surface area (Å²) in [5.74, 6) is -0.864. The molecule has 0 spiro atoms. The van der Waals surface area contributed by atoms with Gasteiger partial charge in [0.2, 0.25) is 0 Å². The summed E-state index contributed by atoms with van der Waals surface area (Å²) in [6, 6.07) is 0. The van der Waals surface area contributed by atoms with Crippen LogP contribution in [0.3, 0.4) is 0 Å². The second-order valence-corrected chi connectivity index (χ2v) is 7.95. The number of halogens is 1. The molecule has 0 bridgehead atoms. The lowest BCUT2D eigenvalue weighted by atomic mass is 10.1. The topological polar surface area (TPSA) is 63.2 Å². The van der Waals surface area contributed by atoms with Crippen molar-refractivity contribution in [2.75, 3.05) is 0 Å². The van der Waals surface area contributed by atoms with Gasteiger partial charge in [-0.25, -0.2) is 14.9 Å². The maximum Gasteiger partial charge on any atom is 0.285 e. The van der Waals surface area contributed by atoms with Crippen molar-refractivity contribution in [2.45, 2.75) is 39.5 Å². The molecule has 1 aliphatic rings. The number of carbonyl (C=O) groups is 2. The van der Waals surface area contributed by atoms with Crippen molar-refractivity contribution in [2.24, 2.45) is 0 Å². The van der Waals surface area contributed by atoms with E-state index in [4.69, 9.17) is 7.85 Å². The van der Waals surface area contributed by atoms with Gasteiger partial charge in [-0.15, -0.1) is 11.3 Å². The van der Waals surface area contributed by atoms with Crippen LogP contribution in [0.1, 0.15) is 60.5 Å². The Morgan fingerprint density at radius 2 is 1.83 bits per heavy atom. The Bertz CT molecular complexity index is 822. The minimum atomic E-state index is -0.437. The Balaban J connectivity index is 2.03. The molecule has 0 fully saturated rings. The van der Waals surface area contributed by atoms with E-state index >= 15 is 0 Å². The highest BCUT2D eigenvalue weighted by Gasteiger charge is 2.38. The van der Waals surface area contributed by atoms with Gasteiger partial charge in [0.25, 0.3) is 11.8 Å². The average Bonchev–Trinajstić information content (AvgIpc) is 2.98. The smallest absolute Gasteiger partial charge is 0.266 e. The second kappa shape index (κ2) is 6.76. The number of allylic oxidation sites excluding steroid dienone is 1. The molecule has 2 aromatic rings. The number of nitrogens with zero attached hydrogens (tertiary/aromatic N) is 3. The van der Waals surface area contributed by atoms with E-state index in [-0.39, 0.29) is 11.4 Å². The third-order valence-electron chi connectivity index (χ3n) is 3.97. The number of hydrogen-bond donors (Lipinski definition) is 0. The highest BCUT2D eigenvalue weighted by atomic mass is 79.9. The summed E-state index contributed by atoms with van der Waals surface area (Å²) < 4.78 is 1.18. The number of rotatable bonds is 5. The highest BCUT2D eigenvalue weighted by molar-refractivity contribution is 9.11. The molecule has 2 radical (unpaired) electrons. The maximum absolute atomic E-state index is 12.6. The monoisotopic (exact) mass is 403 g/mol. The molecule has 24 heavy (non-hydrogen) atoms. The van der Waals surface area contributed by atoms with Crippen LogP contribution in [0.15, 0.2) is 15.6 Å². The zero-order chi connectivity index (χ0) is 17.4. The van der Waals surface area contributed by atoms with Crippen molar-refractivity contribution >= 4 is 62.7 Å². The van der Waals surface area contributed by atoms with Crippen LogP contribution in [0.4, 0.5) is 0 Å². The molecule has 0 atom stereocenters. The van der Waals surface area contributed by atoms with Crippen molar-refractivity contribution in [3.63, 3.8) is 0 Å². The number of imide groups is 1. The second-order valence-electron chi connectivity index (χ2n) is 5.58. The third kappa shape index (κ3) is 2.82. The first kappa shape index (κ1) is 17.3. The number of fused-ring (bicyclic) bond motifs is 2. The molecule has 0 aliphatic carbocycles. The molecule has 2 amide bonds. The predicted octanol–water partition coefficient (Wildman–Crippen LogP) is 3.33. The van der Waals surface area contributed by atoms with E-state index in [2.05, 4.69) is 32.8 Å². The number of carbonyl (C=O) groups excluding carboxylic acids is 2. The molecule has 122 valence electrons. The van der Waals surface area contributed by atoms with Gasteiger partial charge in [0.15, 0.2) is 11.4 Å². The standard InChI is InChI=1S/C16H15BBrN3O2S/c1-3-5-6-8(4-2)7-21-15(22)11-12(16(21)23)20-10-9(19-11)13(17)24-14(10)18/h7H,3-6H2,1-2H3/b8-7+. The third-order valence-corrected chi connectivity index (χ3v) is 5.62. The molecule has 3 heterocycles. The number of thiophene rings is 1. The molecule has 8 heteroatoms. The summed E-state index contributed by atoms with van der Waals surface area (Å²) in [4.78, 5) is 35.0. The van der Waals surface area contributed by atoms with Crippen LogP contribution in [-0.4, -0.2) is 34.5 Å². The molecule has 0 unspecified atom stereocenters. The fourth-order valence-electron chi connectivity index (χ4n) is 2.59.